The van der Waals surface area contributed by atoms with E-state index >= 15 is 0 Å². The number of rotatable bonds is 11. The number of carbonyl (C=O) groups excluding carboxylic acids is 3. The maximum absolute atomic E-state index is 13.2. The first-order valence-corrected chi connectivity index (χ1v) is 13.8. The van der Waals surface area contributed by atoms with Crippen molar-refractivity contribution >= 4 is 52.5 Å². The van der Waals surface area contributed by atoms with Gasteiger partial charge in [-0.25, -0.2) is 0 Å². The molecule has 0 unspecified atom stereocenters. The maximum Gasteiger partial charge on any atom is 0.272 e. The Morgan fingerprint density at radius 1 is 0.872 bits per heavy atom. The lowest BCUT2D eigenvalue weighted by atomic mass is 10.1. The van der Waals surface area contributed by atoms with E-state index in [0.29, 0.717) is 28.3 Å². The van der Waals surface area contributed by atoms with Crippen molar-refractivity contribution < 1.29 is 23.9 Å². The van der Waals surface area contributed by atoms with Crippen molar-refractivity contribution in [3.63, 3.8) is 0 Å². The molecule has 39 heavy (non-hydrogen) atoms. The highest BCUT2D eigenvalue weighted by Gasteiger charge is 2.16. The number of nitrogens with one attached hydrogen (secondary N) is 2. The number of anilines is 1. The van der Waals surface area contributed by atoms with Crippen LogP contribution in [0.25, 0.3) is 6.08 Å². The van der Waals surface area contributed by atoms with Gasteiger partial charge in [0.2, 0.25) is 0 Å². The molecule has 2 amide bonds. The third-order valence-electron chi connectivity index (χ3n) is 5.55. The molecule has 0 aliphatic heterocycles. The average molecular weight is 559 g/mol. The second-order valence-corrected chi connectivity index (χ2v) is 10.0. The summed E-state index contributed by atoms with van der Waals surface area (Å²) in [5.41, 5.74) is 2.41. The van der Waals surface area contributed by atoms with Gasteiger partial charge in [0.05, 0.1) is 20.0 Å². The number of benzene rings is 3. The summed E-state index contributed by atoms with van der Waals surface area (Å²) in [7, 11) is 3.06. The molecule has 0 fully saturated rings. The number of ether oxygens (including phenoxy) is 2. The van der Waals surface area contributed by atoms with Gasteiger partial charge < -0.3 is 20.1 Å². The molecule has 1 aromatic heterocycles. The Morgan fingerprint density at radius 3 is 2.38 bits per heavy atom. The number of hydrogen-bond acceptors (Lipinski definition) is 7. The van der Waals surface area contributed by atoms with Gasteiger partial charge >= 0.3 is 0 Å². The smallest absolute Gasteiger partial charge is 0.272 e. The van der Waals surface area contributed by atoms with E-state index < -0.39 is 5.91 Å². The van der Waals surface area contributed by atoms with E-state index in [9.17, 15) is 14.4 Å². The molecule has 2 N–H and O–H groups in total. The van der Waals surface area contributed by atoms with Crippen molar-refractivity contribution in [2.45, 2.75) is 4.90 Å². The van der Waals surface area contributed by atoms with Gasteiger partial charge in [0, 0.05) is 21.7 Å². The van der Waals surface area contributed by atoms with Crippen molar-refractivity contribution in [2.75, 3.05) is 25.3 Å². The molecule has 0 spiro atoms. The van der Waals surface area contributed by atoms with Crippen LogP contribution >= 0.6 is 23.1 Å². The van der Waals surface area contributed by atoms with Crippen molar-refractivity contribution in [3.8, 4) is 11.5 Å². The lowest BCUT2D eigenvalue weighted by molar-refractivity contribution is -0.113. The fraction of sp³-hybridized carbons (Fsp3) is 0.100. The SMILES string of the molecule is COc1ccc(C(=O)CSc2cccc(NC(=O)/C(=C/c3ccsc3)NC(=O)c3ccccc3)c2)cc1OC. The van der Waals surface area contributed by atoms with Crippen LogP contribution in [-0.2, 0) is 4.79 Å². The first-order valence-electron chi connectivity index (χ1n) is 11.9. The largest absolute Gasteiger partial charge is 0.493 e. The van der Waals surface area contributed by atoms with Crippen molar-refractivity contribution in [3.05, 3.63) is 112 Å². The summed E-state index contributed by atoms with van der Waals surface area (Å²) in [6, 6.07) is 22.8. The second-order valence-electron chi connectivity index (χ2n) is 8.20. The summed E-state index contributed by atoms with van der Waals surface area (Å²) in [5.74, 6) is 0.323. The number of hydrogen-bond donors (Lipinski definition) is 2. The van der Waals surface area contributed by atoms with E-state index in [1.807, 2.05) is 29.0 Å². The van der Waals surface area contributed by atoms with Crippen LogP contribution in [0.15, 0.2) is 100 Å². The third kappa shape index (κ3) is 7.59. The summed E-state index contributed by atoms with van der Waals surface area (Å²) >= 11 is 2.84. The molecular formula is C30H26N2O5S2. The Labute approximate surface area is 234 Å². The van der Waals surface area contributed by atoms with Gasteiger partial charge in [0.1, 0.15) is 5.70 Å². The van der Waals surface area contributed by atoms with Crippen LogP contribution in [0.5, 0.6) is 11.5 Å². The van der Waals surface area contributed by atoms with Crippen molar-refractivity contribution in [1.82, 2.24) is 5.32 Å². The van der Waals surface area contributed by atoms with E-state index in [1.54, 1.807) is 73.8 Å². The summed E-state index contributed by atoms with van der Waals surface area (Å²) in [5, 5.41) is 9.36. The molecule has 0 radical (unpaired) electrons. The van der Waals surface area contributed by atoms with Crippen LogP contribution in [-0.4, -0.2) is 37.6 Å². The van der Waals surface area contributed by atoms with E-state index in [0.717, 1.165) is 10.5 Å². The van der Waals surface area contributed by atoms with Crippen LogP contribution < -0.4 is 20.1 Å². The fourth-order valence-corrected chi connectivity index (χ4v) is 5.04. The van der Waals surface area contributed by atoms with Gasteiger partial charge in [0.15, 0.2) is 17.3 Å². The van der Waals surface area contributed by atoms with Gasteiger partial charge in [-0.2, -0.15) is 11.3 Å². The van der Waals surface area contributed by atoms with E-state index in [-0.39, 0.29) is 23.1 Å². The van der Waals surface area contributed by atoms with E-state index in [2.05, 4.69) is 10.6 Å². The number of ketones is 1. The molecule has 0 saturated heterocycles. The van der Waals surface area contributed by atoms with Gasteiger partial charge in [-0.15, -0.1) is 11.8 Å². The predicted octanol–water partition coefficient (Wildman–Crippen LogP) is 6.15. The first-order chi connectivity index (χ1) is 19.0. The minimum absolute atomic E-state index is 0.0694. The highest BCUT2D eigenvalue weighted by atomic mass is 32.2. The average Bonchev–Trinajstić information content (AvgIpc) is 3.49. The van der Waals surface area contributed by atoms with Crippen LogP contribution in [0.2, 0.25) is 0 Å². The Bertz CT molecular complexity index is 1480. The molecule has 1 heterocycles. The minimum Gasteiger partial charge on any atom is -0.493 e. The summed E-state index contributed by atoms with van der Waals surface area (Å²) in [6.07, 6.45) is 1.63. The molecule has 7 nitrogen and oxygen atoms in total. The standard InChI is InChI=1S/C30H26N2O5S2/c1-36-27-12-11-22(16-28(27)37-2)26(33)19-39-24-10-6-9-23(17-24)31-30(35)25(15-20-13-14-38-18-20)32-29(34)21-7-4-3-5-8-21/h3-18H,19H2,1-2H3,(H,31,35)(H,32,34)/b25-15-. The molecule has 4 aromatic rings. The molecule has 0 aliphatic rings. The number of amides is 2. The topological polar surface area (TPSA) is 93.7 Å². The van der Waals surface area contributed by atoms with Gasteiger partial charge in [-0.05, 0) is 77.0 Å². The van der Waals surface area contributed by atoms with Crippen LogP contribution in [0.1, 0.15) is 26.3 Å². The highest BCUT2D eigenvalue weighted by molar-refractivity contribution is 8.00. The van der Waals surface area contributed by atoms with Crippen LogP contribution in [0.4, 0.5) is 5.69 Å². The Balaban J connectivity index is 1.44. The number of methoxy groups -OCH3 is 2. The quantitative estimate of drug-likeness (QED) is 0.130. The number of thiophene rings is 1. The number of carbonyl (C=O) groups is 3. The third-order valence-corrected chi connectivity index (χ3v) is 7.25. The Kier molecular flexibility index (Phi) is 9.55. The molecule has 198 valence electrons. The zero-order valence-corrected chi connectivity index (χ0v) is 22.9. The fourth-order valence-electron chi connectivity index (χ4n) is 3.57. The van der Waals surface area contributed by atoms with Gasteiger partial charge in [-0.1, -0.05) is 24.3 Å². The molecular weight excluding hydrogens is 532 g/mol. The molecule has 0 bridgehead atoms. The van der Waals surface area contributed by atoms with E-state index in [1.165, 1.54) is 30.2 Å². The minimum atomic E-state index is -0.464. The Morgan fingerprint density at radius 2 is 1.67 bits per heavy atom. The predicted molar refractivity (Wildman–Crippen MR) is 156 cm³/mol. The molecule has 3 aromatic carbocycles. The Hall–Kier alpha value is -4.34. The lowest BCUT2D eigenvalue weighted by Crippen LogP contribution is -2.30. The lowest BCUT2D eigenvalue weighted by Gasteiger charge is -2.12. The second kappa shape index (κ2) is 13.5. The molecule has 9 heteroatoms. The van der Waals surface area contributed by atoms with Gasteiger partial charge in [0.25, 0.3) is 11.8 Å². The molecule has 0 atom stereocenters. The molecule has 0 aliphatic carbocycles. The first kappa shape index (κ1) is 27.7. The normalized spacial score (nSPS) is 11.0. The number of Topliss-reactive ketones (excluding diaryl/α,β-unsaturated/α-hetero) is 1. The van der Waals surface area contributed by atoms with Crippen LogP contribution in [0.3, 0.4) is 0 Å². The van der Waals surface area contributed by atoms with Gasteiger partial charge in [-0.3, -0.25) is 14.4 Å². The molecule has 4 rings (SSSR count). The maximum atomic E-state index is 13.2. The highest BCUT2D eigenvalue weighted by Crippen LogP contribution is 2.29. The monoisotopic (exact) mass is 558 g/mol. The van der Waals surface area contributed by atoms with Crippen molar-refractivity contribution in [2.24, 2.45) is 0 Å². The zero-order valence-electron chi connectivity index (χ0n) is 21.3. The zero-order chi connectivity index (χ0) is 27.6. The van der Waals surface area contributed by atoms with Crippen LogP contribution in [0, 0.1) is 0 Å². The number of thioether (sulfide) groups is 1. The van der Waals surface area contributed by atoms with Crippen molar-refractivity contribution in [1.29, 1.82) is 0 Å². The molecule has 0 saturated carbocycles. The van der Waals surface area contributed by atoms with E-state index in [4.69, 9.17) is 9.47 Å². The summed E-state index contributed by atoms with van der Waals surface area (Å²) < 4.78 is 10.5. The summed E-state index contributed by atoms with van der Waals surface area (Å²) in [6.45, 7) is 0. The summed E-state index contributed by atoms with van der Waals surface area (Å²) in [4.78, 5) is 39.5.